The third-order valence-corrected chi connectivity index (χ3v) is 3.13. The topological polar surface area (TPSA) is 77.0 Å². The number of nitrogens with zero attached hydrogens (tertiary/aromatic N) is 2. The van der Waals surface area contributed by atoms with Crippen LogP contribution < -0.4 is 10.4 Å². The maximum absolute atomic E-state index is 13.5. The molecule has 1 heterocycles. The summed E-state index contributed by atoms with van der Waals surface area (Å²) < 4.78 is 19.6. The number of Topliss-reactive ketones (excluding diaryl/α,β-unsaturated/α-hetero) is 1. The van der Waals surface area contributed by atoms with Gasteiger partial charge in [0.2, 0.25) is 0 Å². The fraction of sp³-hybridized carbons (Fsp3) is 0.400. The van der Waals surface area contributed by atoms with Crippen LogP contribution in [0.25, 0.3) is 5.69 Å². The van der Waals surface area contributed by atoms with Crippen molar-refractivity contribution in [2.75, 3.05) is 7.11 Å². The first-order valence-electron chi connectivity index (χ1n) is 6.94. The Morgan fingerprint density at radius 1 is 1.45 bits per heavy atom. The highest BCUT2D eigenvalue weighted by Gasteiger charge is 2.16. The van der Waals surface area contributed by atoms with Crippen molar-refractivity contribution in [3.63, 3.8) is 0 Å². The Balaban J connectivity index is 2.38. The van der Waals surface area contributed by atoms with Crippen molar-refractivity contribution in [2.24, 2.45) is 5.92 Å². The summed E-state index contributed by atoms with van der Waals surface area (Å²) in [6, 6.07) is 4.03. The van der Waals surface area contributed by atoms with Gasteiger partial charge in [0, 0.05) is 12.5 Å². The molecule has 0 saturated heterocycles. The van der Waals surface area contributed by atoms with Crippen LogP contribution in [0.2, 0.25) is 0 Å². The summed E-state index contributed by atoms with van der Waals surface area (Å²) in [5, 5.41) is 6.20. The van der Waals surface area contributed by atoms with Gasteiger partial charge >= 0.3 is 5.69 Å². The summed E-state index contributed by atoms with van der Waals surface area (Å²) in [5.41, 5.74) is -0.0923. The largest absolute Gasteiger partial charge is 0.494 e. The third-order valence-electron chi connectivity index (χ3n) is 3.13. The van der Waals surface area contributed by atoms with E-state index in [0.717, 1.165) is 0 Å². The number of hydrogen-bond donors (Lipinski definition) is 1. The van der Waals surface area contributed by atoms with Crippen molar-refractivity contribution in [3.05, 3.63) is 40.3 Å². The highest BCUT2D eigenvalue weighted by molar-refractivity contribution is 5.80. The zero-order valence-corrected chi connectivity index (χ0v) is 12.7. The van der Waals surface area contributed by atoms with Gasteiger partial charge in [-0.1, -0.05) is 13.8 Å². The van der Waals surface area contributed by atoms with Gasteiger partial charge in [0.15, 0.2) is 11.6 Å². The van der Waals surface area contributed by atoms with E-state index in [9.17, 15) is 14.0 Å². The number of methoxy groups -OCH3 is 1. The number of carbonyl (C=O) groups is 1. The van der Waals surface area contributed by atoms with E-state index in [2.05, 4.69) is 10.2 Å². The number of aromatic amines is 1. The van der Waals surface area contributed by atoms with Crippen molar-refractivity contribution < 1.29 is 13.9 Å². The van der Waals surface area contributed by atoms with Crippen LogP contribution in [0.1, 0.15) is 26.1 Å². The van der Waals surface area contributed by atoms with Gasteiger partial charge in [-0.15, -0.1) is 0 Å². The summed E-state index contributed by atoms with van der Waals surface area (Å²) in [4.78, 5) is 23.9. The van der Waals surface area contributed by atoms with Gasteiger partial charge in [-0.3, -0.25) is 4.79 Å². The fourth-order valence-corrected chi connectivity index (χ4v) is 2.21. The molecular weight excluding hydrogens is 289 g/mol. The van der Waals surface area contributed by atoms with Crippen LogP contribution in [-0.2, 0) is 11.2 Å². The summed E-state index contributed by atoms with van der Waals surface area (Å²) in [6.07, 6.45) is 0.449. The Kier molecular flexibility index (Phi) is 4.75. The summed E-state index contributed by atoms with van der Waals surface area (Å²) in [7, 11) is 1.34. The molecule has 118 valence electrons. The molecule has 0 aliphatic heterocycles. The van der Waals surface area contributed by atoms with E-state index in [1.807, 2.05) is 13.8 Å². The predicted molar refractivity (Wildman–Crippen MR) is 78.9 cm³/mol. The number of rotatable bonds is 6. The molecule has 2 aromatic rings. The van der Waals surface area contributed by atoms with Gasteiger partial charge in [-0.25, -0.2) is 18.9 Å². The minimum Gasteiger partial charge on any atom is -0.494 e. The highest BCUT2D eigenvalue weighted by atomic mass is 19.1. The molecule has 6 nitrogen and oxygen atoms in total. The number of benzene rings is 1. The Labute approximate surface area is 126 Å². The van der Waals surface area contributed by atoms with Crippen LogP contribution in [0.15, 0.2) is 23.0 Å². The highest BCUT2D eigenvalue weighted by Crippen LogP contribution is 2.20. The molecule has 0 fully saturated rings. The second-order valence-corrected chi connectivity index (χ2v) is 5.41. The lowest BCUT2D eigenvalue weighted by Crippen LogP contribution is -2.19. The predicted octanol–water partition coefficient (Wildman–Crippen LogP) is 1.87. The number of H-pyrrole nitrogens is 1. The summed E-state index contributed by atoms with van der Waals surface area (Å²) >= 11 is 0. The molecule has 0 bridgehead atoms. The molecule has 0 saturated carbocycles. The summed E-state index contributed by atoms with van der Waals surface area (Å²) in [5.74, 6) is 0.0106. The fourth-order valence-electron chi connectivity index (χ4n) is 2.21. The second kappa shape index (κ2) is 6.55. The first kappa shape index (κ1) is 15.9. The van der Waals surface area contributed by atoms with E-state index in [1.165, 1.54) is 29.9 Å². The van der Waals surface area contributed by atoms with E-state index in [4.69, 9.17) is 4.74 Å². The quantitative estimate of drug-likeness (QED) is 0.884. The molecule has 0 atom stereocenters. The van der Waals surface area contributed by atoms with Gasteiger partial charge < -0.3 is 4.74 Å². The lowest BCUT2D eigenvalue weighted by molar-refractivity contribution is -0.119. The normalized spacial score (nSPS) is 11.0. The number of nitrogens with one attached hydrogen (secondary N) is 1. The average molecular weight is 307 g/mol. The van der Waals surface area contributed by atoms with E-state index in [0.29, 0.717) is 17.9 Å². The second-order valence-electron chi connectivity index (χ2n) is 5.41. The Morgan fingerprint density at radius 2 is 2.18 bits per heavy atom. The van der Waals surface area contributed by atoms with Crippen LogP contribution in [0.3, 0.4) is 0 Å². The molecule has 0 radical (unpaired) electrons. The van der Waals surface area contributed by atoms with Crippen LogP contribution in [0.5, 0.6) is 5.75 Å². The molecule has 0 aliphatic carbocycles. The zero-order valence-electron chi connectivity index (χ0n) is 12.7. The molecule has 1 aromatic carbocycles. The molecule has 1 N–H and O–H groups in total. The van der Waals surface area contributed by atoms with Gasteiger partial charge in [-0.05, 0) is 18.1 Å². The molecule has 2 rings (SSSR count). The van der Waals surface area contributed by atoms with Crippen molar-refractivity contribution in [1.82, 2.24) is 14.8 Å². The number of carbonyl (C=O) groups excluding carboxylic acids is 1. The van der Waals surface area contributed by atoms with Crippen molar-refractivity contribution in [3.8, 4) is 11.4 Å². The van der Waals surface area contributed by atoms with Crippen LogP contribution in [0.4, 0.5) is 4.39 Å². The first-order valence-corrected chi connectivity index (χ1v) is 6.94. The SMILES string of the molecule is COc1cc(-n2c(CC(=O)CC(C)C)n[nH]c2=O)ccc1F. The van der Waals surface area contributed by atoms with Crippen LogP contribution in [0, 0.1) is 11.7 Å². The van der Waals surface area contributed by atoms with Crippen LogP contribution >= 0.6 is 0 Å². The monoisotopic (exact) mass is 307 g/mol. The maximum Gasteiger partial charge on any atom is 0.347 e. The van der Waals surface area contributed by atoms with E-state index >= 15 is 0 Å². The average Bonchev–Trinajstić information content (AvgIpc) is 2.79. The van der Waals surface area contributed by atoms with Gasteiger partial charge in [0.25, 0.3) is 0 Å². The lowest BCUT2D eigenvalue weighted by atomic mass is 10.1. The van der Waals surface area contributed by atoms with E-state index < -0.39 is 11.5 Å². The molecule has 7 heteroatoms. The van der Waals surface area contributed by atoms with Crippen molar-refractivity contribution in [2.45, 2.75) is 26.7 Å². The van der Waals surface area contributed by atoms with Gasteiger partial charge in [0.1, 0.15) is 11.6 Å². The Bertz CT molecular complexity index is 734. The number of ketones is 1. The molecule has 0 spiro atoms. The molecular formula is C15H18FN3O3. The zero-order chi connectivity index (χ0) is 16.3. The number of hydrogen-bond acceptors (Lipinski definition) is 4. The third kappa shape index (κ3) is 3.41. The maximum atomic E-state index is 13.5. The van der Waals surface area contributed by atoms with Crippen molar-refractivity contribution >= 4 is 5.78 Å². The number of aromatic nitrogens is 3. The standard InChI is InChI=1S/C15H18FN3O3/c1-9(2)6-11(20)8-14-17-18-15(21)19(14)10-4-5-12(16)13(7-10)22-3/h4-5,7,9H,6,8H2,1-3H3,(H,18,21). The van der Waals surface area contributed by atoms with Gasteiger partial charge in [0.05, 0.1) is 19.2 Å². The molecule has 22 heavy (non-hydrogen) atoms. The minimum absolute atomic E-state index is 0.00988. The summed E-state index contributed by atoms with van der Waals surface area (Å²) in [6.45, 7) is 3.89. The van der Waals surface area contributed by atoms with E-state index in [-0.39, 0.29) is 23.9 Å². The van der Waals surface area contributed by atoms with E-state index in [1.54, 1.807) is 0 Å². The van der Waals surface area contributed by atoms with Crippen LogP contribution in [-0.4, -0.2) is 27.7 Å². The van der Waals surface area contributed by atoms with Crippen molar-refractivity contribution in [1.29, 1.82) is 0 Å². The lowest BCUT2D eigenvalue weighted by Gasteiger charge is -2.08. The molecule has 0 unspecified atom stereocenters. The Morgan fingerprint density at radius 3 is 2.82 bits per heavy atom. The smallest absolute Gasteiger partial charge is 0.347 e. The number of halogens is 1. The minimum atomic E-state index is -0.528. The molecule has 0 aliphatic rings. The molecule has 1 aromatic heterocycles. The Hall–Kier alpha value is -2.44. The molecule has 0 amide bonds. The number of ether oxygens (including phenoxy) is 1. The van der Waals surface area contributed by atoms with Gasteiger partial charge in [-0.2, -0.15) is 5.10 Å². The first-order chi connectivity index (χ1) is 10.4.